The highest BCUT2D eigenvalue weighted by Crippen LogP contribution is 2.37. The third-order valence-corrected chi connectivity index (χ3v) is 12.2. The van der Waals surface area contributed by atoms with Crippen molar-refractivity contribution in [1.29, 1.82) is 0 Å². The average Bonchev–Trinajstić information content (AvgIpc) is 3.21. The summed E-state index contributed by atoms with van der Waals surface area (Å²) in [5.74, 6) is 0. The van der Waals surface area contributed by atoms with Crippen LogP contribution in [0.15, 0.2) is 0 Å². The Morgan fingerprint density at radius 2 is 0.492 bits per heavy atom. The minimum atomic E-state index is -1.95. The van der Waals surface area contributed by atoms with Gasteiger partial charge in [0.15, 0.2) is 37.7 Å². The average molecular weight is 895 g/mol. The Balaban J connectivity index is 1.21. The first-order valence-electron chi connectivity index (χ1n) is 20.3. The van der Waals surface area contributed by atoms with Gasteiger partial charge >= 0.3 is 0 Å². The summed E-state index contributed by atoms with van der Waals surface area (Å²) in [6.45, 7) is 8.26. The molecule has 0 aromatic heterocycles. The third-order valence-electron chi connectivity index (χ3n) is 12.2. The molecular formula is C36H62O25. The number of hydrogen-bond acceptors (Lipinski definition) is 25. The molecule has 6 heterocycles. The molecule has 0 aromatic carbocycles. The molecular weight excluding hydrogens is 832 g/mol. The highest BCUT2D eigenvalue weighted by Gasteiger charge is 2.57. The number of rotatable bonds is 10. The quantitative estimate of drug-likeness (QED) is 0.0968. The predicted octanol–water partition coefficient (Wildman–Crippen LogP) is -7.93. The fourth-order valence-corrected chi connectivity index (χ4v) is 8.12. The Morgan fingerprint density at radius 3 is 0.918 bits per heavy atom. The molecule has 0 aromatic rings. The zero-order valence-electron chi connectivity index (χ0n) is 34.1. The lowest BCUT2D eigenvalue weighted by Gasteiger charge is -2.50. The van der Waals surface area contributed by atoms with Gasteiger partial charge in [0.1, 0.15) is 110 Å². The van der Waals surface area contributed by atoms with Gasteiger partial charge < -0.3 is 124 Å². The minimum Gasteiger partial charge on any atom is -0.388 e. The van der Waals surface area contributed by atoms with Gasteiger partial charge in [0.25, 0.3) is 0 Å². The summed E-state index contributed by atoms with van der Waals surface area (Å²) in [6, 6.07) is 0. The molecule has 0 bridgehead atoms. The molecule has 6 rings (SSSR count). The highest BCUT2D eigenvalue weighted by atomic mass is 16.8. The van der Waals surface area contributed by atoms with Crippen LogP contribution in [0.5, 0.6) is 0 Å². The van der Waals surface area contributed by atoms with E-state index < -0.39 is 184 Å². The monoisotopic (exact) mass is 894 g/mol. The first kappa shape index (κ1) is 49.4. The lowest BCUT2D eigenvalue weighted by Crippen LogP contribution is -2.67. The van der Waals surface area contributed by atoms with Crippen molar-refractivity contribution in [3.05, 3.63) is 0 Å². The first-order valence-corrected chi connectivity index (χ1v) is 20.3. The van der Waals surface area contributed by atoms with Crippen LogP contribution in [-0.4, -0.2) is 256 Å². The van der Waals surface area contributed by atoms with Crippen LogP contribution < -0.4 is 0 Å². The van der Waals surface area contributed by atoms with E-state index in [0.29, 0.717) is 0 Å². The summed E-state index contributed by atoms with van der Waals surface area (Å²) >= 11 is 0. The molecule has 6 fully saturated rings. The smallest absolute Gasteiger partial charge is 0.187 e. The van der Waals surface area contributed by atoms with Crippen LogP contribution in [0.2, 0.25) is 0 Å². The molecule has 61 heavy (non-hydrogen) atoms. The molecule has 0 aliphatic carbocycles. The van der Waals surface area contributed by atoms with Gasteiger partial charge in [0, 0.05) is 0 Å². The lowest BCUT2D eigenvalue weighted by molar-refractivity contribution is -0.406. The van der Waals surface area contributed by atoms with E-state index in [0.717, 1.165) is 0 Å². The lowest BCUT2D eigenvalue weighted by atomic mass is 9.96. The van der Waals surface area contributed by atoms with Gasteiger partial charge in [0.05, 0.1) is 36.6 Å². The van der Waals surface area contributed by atoms with Gasteiger partial charge in [-0.1, -0.05) is 0 Å². The zero-order chi connectivity index (χ0) is 45.1. The molecule has 6 aliphatic rings. The number of aliphatic hydroxyl groups excluding tert-OH is 14. The molecule has 0 saturated carbocycles. The van der Waals surface area contributed by atoms with E-state index in [-0.39, 0.29) is 0 Å². The van der Waals surface area contributed by atoms with E-state index in [4.69, 9.17) is 52.1 Å². The second-order valence-electron chi connectivity index (χ2n) is 16.7. The van der Waals surface area contributed by atoms with Crippen molar-refractivity contribution in [2.75, 3.05) is 0 Å². The largest absolute Gasteiger partial charge is 0.388 e. The van der Waals surface area contributed by atoms with Gasteiger partial charge in [-0.05, 0) is 41.5 Å². The molecule has 356 valence electrons. The van der Waals surface area contributed by atoms with Gasteiger partial charge in [0.2, 0.25) is 0 Å². The van der Waals surface area contributed by atoms with Crippen molar-refractivity contribution in [3.8, 4) is 0 Å². The van der Waals surface area contributed by atoms with E-state index in [2.05, 4.69) is 0 Å². The Morgan fingerprint density at radius 1 is 0.230 bits per heavy atom. The molecule has 30 atom stereocenters. The van der Waals surface area contributed by atoms with Crippen LogP contribution >= 0.6 is 0 Å². The van der Waals surface area contributed by atoms with E-state index >= 15 is 0 Å². The van der Waals surface area contributed by atoms with E-state index in [1.54, 1.807) is 0 Å². The van der Waals surface area contributed by atoms with Gasteiger partial charge in [-0.15, -0.1) is 0 Å². The minimum absolute atomic E-state index is 0.982. The SMILES string of the molecule is C[C@@H]1O[C@@H](O)[C@H](O[C@@H]2O[C@@H](C)[C@@H](O)[C@@H](O[C@@H]3O[C@@H](C)[C@@H](O)[C@@H](O)[C@H]3O[C@@H]3O[C@@H](C)[C@H](O)[C@@H](O)[C@H]3O[C@@H]3O[C@@H](C)[C@@H](O)[C@@H](O[C@@H]4O[C@@H](C)[C@@H](O)[C@@H](O)[C@H]4O)[C@H]3O)[C@H]2O)[C@H](O)[C@H]1O. The Kier molecular flexibility index (Phi) is 16.1. The molecule has 0 unspecified atom stereocenters. The van der Waals surface area contributed by atoms with E-state index in [9.17, 15) is 71.5 Å². The van der Waals surface area contributed by atoms with Crippen molar-refractivity contribution >= 4 is 0 Å². The maximum absolute atomic E-state index is 11.4. The molecule has 25 heteroatoms. The molecule has 6 saturated heterocycles. The van der Waals surface area contributed by atoms with Crippen LogP contribution in [0.1, 0.15) is 41.5 Å². The van der Waals surface area contributed by atoms with Crippen LogP contribution in [0, 0.1) is 0 Å². The third kappa shape index (κ3) is 9.92. The van der Waals surface area contributed by atoms with Gasteiger partial charge in [-0.2, -0.15) is 0 Å². The van der Waals surface area contributed by atoms with Crippen molar-refractivity contribution in [1.82, 2.24) is 0 Å². The Hall–Kier alpha value is -1.00. The van der Waals surface area contributed by atoms with Crippen LogP contribution in [0.3, 0.4) is 0 Å². The standard InChI is InChI=1S/C36H62O25/c1-7-14(38)20(44)28(31(50)51-7)59-33-25(49)27(18(42)12(6)53-33)58-35-30(22(46)16(40)9(3)55-35)61-36-29(21(45)15(39)10(4)56-36)60-34-24(48)26(17(41)11(5)54-34)57-32-23(47)19(43)13(37)8(2)52-32/h7-50H,1-6H3/t7-,8-,9-,10-,11-,12-,13+,14-,15-,16+,17+,18+,19+,20+,21+,22+,23+,24+,25+,26+,27+,28+,29+,30+,31+,32-,33-,34-,35-,36-/m0/s1. The Bertz CT molecular complexity index is 1400. The molecule has 0 radical (unpaired) electrons. The van der Waals surface area contributed by atoms with Crippen LogP contribution in [-0.2, 0) is 52.1 Å². The molecule has 25 nitrogen and oxygen atoms in total. The van der Waals surface area contributed by atoms with Crippen molar-refractivity contribution in [2.24, 2.45) is 0 Å². The van der Waals surface area contributed by atoms with Gasteiger partial charge in [-0.3, -0.25) is 0 Å². The highest BCUT2D eigenvalue weighted by molar-refractivity contribution is 4.98. The van der Waals surface area contributed by atoms with Crippen molar-refractivity contribution in [2.45, 2.75) is 226 Å². The Labute approximate surface area is 349 Å². The molecule has 14 N–H and O–H groups in total. The predicted molar refractivity (Wildman–Crippen MR) is 191 cm³/mol. The van der Waals surface area contributed by atoms with Gasteiger partial charge in [-0.25, -0.2) is 0 Å². The zero-order valence-corrected chi connectivity index (χ0v) is 34.1. The number of ether oxygens (including phenoxy) is 11. The summed E-state index contributed by atoms with van der Waals surface area (Å²) in [5, 5.41) is 152. The summed E-state index contributed by atoms with van der Waals surface area (Å²) in [4.78, 5) is 0. The first-order chi connectivity index (χ1) is 28.5. The maximum Gasteiger partial charge on any atom is 0.187 e. The topological polar surface area (TPSA) is 385 Å². The molecule has 6 aliphatic heterocycles. The second-order valence-corrected chi connectivity index (χ2v) is 16.7. The van der Waals surface area contributed by atoms with Crippen molar-refractivity contribution < 1.29 is 124 Å². The van der Waals surface area contributed by atoms with Crippen LogP contribution in [0.4, 0.5) is 0 Å². The molecule has 0 spiro atoms. The summed E-state index contributed by atoms with van der Waals surface area (Å²) in [7, 11) is 0. The normalized spacial score (nSPS) is 57.4. The number of hydrogen-bond donors (Lipinski definition) is 14. The van der Waals surface area contributed by atoms with Crippen LogP contribution in [0.25, 0.3) is 0 Å². The second kappa shape index (κ2) is 19.8. The summed E-state index contributed by atoms with van der Waals surface area (Å²) in [6.07, 6.45) is -48.4. The maximum atomic E-state index is 11.4. The fraction of sp³-hybridized carbons (Fsp3) is 1.00. The van der Waals surface area contributed by atoms with E-state index in [1.807, 2.05) is 0 Å². The number of aliphatic hydroxyl groups is 14. The summed E-state index contributed by atoms with van der Waals surface area (Å²) in [5.41, 5.74) is 0. The molecule has 0 amide bonds. The summed E-state index contributed by atoms with van der Waals surface area (Å²) < 4.78 is 63.1. The van der Waals surface area contributed by atoms with Crippen molar-refractivity contribution in [3.63, 3.8) is 0 Å². The van der Waals surface area contributed by atoms with E-state index in [1.165, 1.54) is 41.5 Å². The fourth-order valence-electron chi connectivity index (χ4n) is 8.12.